The Hall–Kier alpha value is -1.26. The Morgan fingerprint density at radius 2 is 2.00 bits per heavy atom. The van der Waals surface area contributed by atoms with Gasteiger partial charge in [-0.25, -0.2) is 9.59 Å². The number of urea groups is 1. The first-order valence-corrected chi connectivity index (χ1v) is 4.19. The number of carbonyl (C=O) groups excluding carboxylic acids is 1. The average molecular weight is 188 g/mol. The van der Waals surface area contributed by atoms with E-state index in [1.807, 2.05) is 6.92 Å². The monoisotopic (exact) mass is 188 g/mol. The van der Waals surface area contributed by atoms with E-state index in [1.54, 1.807) is 0 Å². The van der Waals surface area contributed by atoms with Crippen LogP contribution in [0.5, 0.6) is 0 Å². The Labute approximate surface area is 77.5 Å². The third-order valence-electron chi connectivity index (χ3n) is 1.84. The van der Waals surface area contributed by atoms with Crippen molar-refractivity contribution < 1.29 is 14.7 Å². The molecule has 0 fully saturated rings. The van der Waals surface area contributed by atoms with Gasteiger partial charge in [0, 0.05) is 7.05 Å². The van der Waals surface area contributed by atoms with Crippen LogP contribution in [0, 0.1) is 0 Å². The van der Waals surface area contributed by atoms with Crippen molar-refractivity contribution in [1.82, 2.24) is 10.6 Å². The predicted octanol–water partition coefficient (Wildman–Crippen LogP) is 0.559. The molecular formula is C8H16N2O3. The first-order chi connectivity index (χ1) is 5.96. The third-order valence-corrected chi connectivity index (χ3v) is 1.84. The molecular weight excluding hydrogens is 172 g/mol. The molecule has 1 unspecified atom stereocenters. The van der Waals surface area contributed by atoms with E-state index in [1.165, 1.54) is 14.0 Å². The maximum absolute atomic E-state index is 10.9. The minimum absolute atomic E-state index is 0.412. The maximum Gasteiger partial charge on any atom is 0.329 e. The van der Waals surface area contributed by atoms with Crippen LogP contribution in [-0.4, -0.2) is 29.7 Å². The molecule has 5 heteroatoms. The highest BCUT2D eigenvalue weighted by molar-refractivity contribution is 5.85. The molecule has 0 aliphatic carbocycles. The lowest BCUT2D eigenvalue weighted by Gasteiger charge is -2.25. The lowest BCUT2D eigenvalue weighted by Crippen LogP contribution is -2.54. The largest absolute Gasteiger partial charge is 0.480 e. The van der Waals surface area contributed by atoms with E-state index in [0.717, 1.165) is 0 Å². The molecule has 0 aromatic rings. The van der Waals surface area contributed by atoms with Gasteiger partial charge in [0.2, 0.25) is 0 Å². The van der Waals surface area contributed by atoms with Crippen molar-refractivity contribution in [2.45, 2.75) is 32.2 Å². The summed E-state index contributed by atoms with van der Waals surface area (Å²) in [7, 11) is 1.45. The Bertz CT molecular complexity index is 206. The van der Waals surface area contributed by atoms with Crippen molar-refractivity contribution in [2.75, 3.05) is 7.05 Å². The Morgan fingerprint density at radius 1 is 1.46 bits per heavy atom. The lowest BCUT2D eigenvalue weighted by atomic mass is 9.97. The van der Waals surface area contributed by atoms with Gasteiger partial charge < -0.3 is 15.7 Å². The molecule has 13 heavy (non-hydrogen) atoms. The van der Waals surface area contributed by atoms with Gasteiger partial charge in [-0.15, -0.1) is 0 Å². The number of carbonyl (C=O) groups is 2. The number of carboxylic acids is 1. The Morgan fingerprint density at radius 3 is 2.31 bits per heavy atom. The zero-order chi connectivity index (χ0) is 10.5. The van der Waals surface area contributed by atoms with Crippen LogP contribution >= 0.6 is 0 Å². The molecule has 0 saturated carbocycles. The molecule has 0 rings (SSSR count). The molecule has 0 aliphatic heterocycles. The highest BCUT2D eigenvalue weighted by Crippen LogP contribution is 2.11. The molecule has 0 spiro atoms. The lowest BCUT2D eigenvalue weighted by molar-refractivity contribution is -0.144. The number of hydrogen-bond acceptors (Lipinski definition) is 2. The topological polar surface area (TPSA) is 78.4 Å². The standard InChI is InChI=1S/C8H16N2O3/c1-4-5-8(2,6(11)12)10-7(13)9-3/h4-5H2,1-3H3,(H,11,12)(H2,9,10,13). The molecule has 0 aliphatic rings. The van der Waals surface area contributed by atoms with Crippen molar-refractivity contribution in [2.24, 2.45) is 0 Å². The second kappa shape index (κ2) is 4.69. The predicted molar refractivity (Wildman–Crippen MR) is 48.5 cm³/mol. The Balaban J connectivity index is 4.41. The van der Waals surface area contributed by atoms with Gasteiger partial charge in [-0.1, -0.05) is 13.3 Å². The molecule has 0 bridgehead atoms. The molecule has 0 aromatic carbocycles. The smallest absolute Gasteiger partial charge is 0.329 e. The normalized spacial score (nSPS) is 14.4. The van der Waals surface area contributed by atoms with Gasteiger partial charge in [-0.2, -0.15) is 0 Å². The number of rotatable bonds is 4. The van der Waals surface area contributed by atoms with Crippen molar-refractivity contribution in [3.05, 3.63) is 0 Å². The summed E-state index contributed by atoms with van der Waals surface area (Å²) in [6, 6.07) is -0.474. The molecule has 0 radical (unpaired) electrons. The van der Waals surface area contributed by atoms with E-state index in [9.17, 15) is 9.59 Å². The summed E-state index contributed by atoms with van der Waals surface area (Å²) in [5.74, 6) is -1.02. The number of amides is 2. The zero-order valence-corrected chi connectivity index (χ0v) is 8.18. The fourth-order valence-corrected chi connectivity index (χ4v) is 1.04. The number of aliphatic carboxylic acids is 1. The van der Waals surface area contributed by atoms with Crippen LogP contribution in [0.1, 0.15) is 26.7 Å². The molecule has 1 atom stereocenters. The summed E-state index contributed by atoms with van der Waals surface area (Å²) in [5.41, 5.74) is -1.17. The van der Waals surface area contributed by atoms with Crippen LogP contribution in [0.3, 0.4) is 0 Å². The van der Waals surface area contributed by atoms with Crippen LogP contribution in [-0.2, 0) is 4.79 Å². The quantitative estimate of drug-likeness (QED) is 0.603. The van der Waals surface area contributed by atoms with E-state index < -0.39 is 17.5 Å². The number of hydrogen-bond donors (Lipinski definition) is 3. The molecule has 76 valence electrons. The number of nitrogens with one attached hydrogen (secondary N) is 2. The summed E-state index contributed by atoms with van der Waals surface area (Å²) >= 11 is 0. The van der Waals surface area contributed by atoms with Crippen LogP contribution in [0.15, 0.2) is 0 Å². The zero-order valence-electron chi connectivity index (χ0n) is 8.18. The van der Waals surface area contributed by atoms with Crippen molar-refractivity contribution >= 4 is 12.0 Å². The first kappa shape index (κ1) is 11.7. The number of carboxylic acid groups (broad SMARTS) is 1. The van der Waals surface area contributed by atoms with Crippen LogP contribution in [0.4, 0.5) is 4.79 Å². The van der Waals surface area contributed by atoms with Gasteiger partial charge in [0.25, 0.3) is 0 Å². The summed E-state index contributed by atoms with van der Waals surface area (Å²) in [4.78, 5) is 21.7. The van der Waals surface area contributed by atoms with Gasteiger partial charge in [0.15, 0.2) is 0 Å². The average Bonchev–Trinajstić information content (AvgIpc) is 2.04. The molecule has 0 heterocycles. The molecule has 0 saturated heterocycles. The summed E-state index contributed by atoms with van der Waals surface area (Å²) in [6.45, 7) is 3.36. The second-order valence-corrected chi connectivity index (χ2v) is 3.09. The second-order valence-electron chi connectivity index (χ2n) is 3.09. The van der Waals surface area contributed by atoms with Gasteiger partial charge in [-0.05, 0) is 13.3 Å². The fraction of sp³-hybridized carbons (Fsp3) is 0.750. The van der Waals surface area contributed by atoms with Crippen LogP contribution in [0.2, 0.25) is 0 Å². The molecule has 2 amide bonds. The van der Waals surface area contributed by atoms with E-state index >= 15 is 0 Å². The van der Waals surface area contributed by atoms with Gasteiger partial charge in [0.1, 0.15) is 5.54 Å². The minimum atomic E-state index is -1.17. The minimum Gasteiger partial charge on any atom is -0.480 e. The van der Waals surface area contributed by atoms with Gasteiger partial charge in [-0.3, -0.25) is 0 Å². The highest BCUT2D eigenvalue weighted by Gasteiger charge is 2.33. The van der Waals surface area contributed by atoms with Crippen LogP contribution < -0.4 is 10.6 Å². The van der Waals surface area contributed by atoms with Crippen LogP contribution in [0.25, 0.3) is 0 Å². The van der Waals surface area contributed by atoms with Gasteiger partial charge >= 0.3 is 12.0 Å². The van der Waals surface area contributed by atoms with Crippen molar-refractivity contribution in [1.29, 1.82) is 0 Å². The van der Waals surface area contributed by atoms with E-state index in [2.05, 4.69) is 10.6 Å². The van der Waals surface area contributed by atoms with Gasteiger partial charge in [0.05, 0.1) is 0 Å². The van der Waals surface area contributed by atoms with Crippen molar-refractivity contribution in [3.63, 3.8) is 0 Å². The van der Waals surface area contributed by atoms with E-state index in [4.69, 9.17) is 5.11 Å². The molecule has 3 N–H and O–H groups in total. The summed E-state index contributed by atoms with van der Waals surface area (Å²) < 4.78 is 0. The highest BCUT2D eigenvalue weighted by atomic mass is 16.4. The summed E-state index contributed by atoms with van der Waals surface area (Å²) in [6.07, 6.45) is 1.11. The molecule has 5 nitrogen and oxygen atoms in total. The first-order valence-electron chi connectivity index (χ1n) is 4.19. The van der Waals surface area contributed by atoms with Crippen molar-refractivity contribution in [3.8, 4) is 0 Å². The molecule has 0 aromatic heterocycles. The third kappa shape index (κ3) is 3.31. The SMILES string of the molecule is CCCC(C)(NC(=O)NC)C(=O)O. The maximum atomic E-state index is 10.9. The van der Waals surface area contributed by atoms with E-state index in [0.29, 0.717) is 12.8 Å². The fourth-order valence-electron chi connectivity index (χ4n) is 1.04. The van der Waals surface area contributed by atoms with E-state index in [-0.39, 0.29) is 0 Å². The Kier molecular flexibility index (Phi) is 4.23. The summed E-state index contributed by atoms with van der Waals surface area (Å²) in [5, 5.41) is 13.6.